The Morgan fingerprint density at radius 3 is 2.73 bits per heavy atom. The molecule has 26 heavy (non-hydrogen) atoms. The van der Waals surface area contributed by atoms with E-state index in [1.807, 2.05) is 6.92 Å². The number of benzene rings is 2. The van der Waals surface area contributed by atoms with Crippen molar-refractivity contribution in [3.63, 3.8) is 0 Å². The molecule has 1 atom stereocenters. The van der Waals surface area contributed by atoms with E-state index in [4.69, 9.17) is 4.74 Å². The van der Waals surface area contributed by atoms with E-state index in [9.17, 15) is 14.5 Å². The molecule has 8 heteroatoms. The zero-order chi connectivity index (χ0) is 18.5. The fourth-order valence-electron chi connectivity index (χ4n) is 2.78. The molecule has 0 saturated carbocycles. The number of para-hydroxylation sites is 4. The van der Waals surface area contributed by atoms with Crippen molar-refractivity contribution in [1.82, 2.24) is 0 Å². The van der Waals surface area contributed by atoms with Gasteiger partial charge in [-0.3, -0.25) is 9.59 Å². The van der Waals surface area contributed by atoms with Crippen LogP contribution in [0.4, 0.5) is 17.1 Å². The monoisotopic (exact) mass is 354 g/mol. The second kappa shape index (κ2) is 7.64. The Hall–Kier alpha value is -3.42. The molecule has 0 saturated heterocycles. The van der Waals surface area contributed by atoms with Crippen molar-refractivity contribution in [2.24, 2.45) is 5.29 Å². The Balaban J connectivity index is 1.77. The van der Waals surface area contributed by atoms with E-state index in [-0.39, 0.29) is 6.42 Å². The standard InChI is InChI=1S/C18H18N4O4/c1-2-26-16-10-6-4-8-13(16)19-17(23)11-15-18(24)20-12-7-3-5-9-14(12)22(15)21-25/h3-10,15H,2,11H2,1H3,(H,19,23)(H,20,24). The summed E-state index contributed by atoms with van der Waals surface area (Å²) >= 11 is 0. The number of ether oxygens (including phenoxy) is 1. The maximum Gasteiger partial charge on any atom is 0.249 e. The molecule has 1 aliphatic heterocycles. The van der Waals surface area contributed by atoms with Crippen LogP contribution in [0.5, 0.6) is 5.75 Å². The lowest BCUT2D eigenvalue weighted by molar-refractivity contribution is -0.122. The van der Waals surface area contributed by atoms with Gasteiger partial charge in [0.2, 0.25) is 11.8 Å². The second-order valence-electron chi connectivity index (χ2n) is 5.63. The number of carbonyl (C=O) groups is 2. The van der Waals surface area contributed by atoms with Crippen molar-refractivity contribution in [3.8, 4) is 5.75 Å². The summed E-state index contributed by atoms with van der Waals surface area (Å²) in [6, 6.07) is 12.8. The van der Waals surface area contributed by atoms with E-state index in [0.717, 1.165) is 5.01 Å². The molecular weight excluding hydrogens is 336 g/mol. The number of nitrogens with one attached hydrogen (secondary N) is 2. The summed E-state index contributed by atoms with van der Waals surface area (Å²) in [5.41, 5.74) is 1.44. The summed E-state index contributed by atoms with van der Waals surface area (Å²) in [5.74, 6) is -0.353. The predicted molar refractivity (Wildman–Crippen MR) is 98.0 cm³/mol. The van der Waals surface area contributed by atoms with Gasteiger partial charge in [-0.25, -0.2) is 5.01 Å². The largest absolute Gasteiger partial charge is 0.492 e. The number of amides is 2. The molecule has 1 heterocycles. The van der Waals surface area contributed by atoms with Crippen LogP contribution in [0.15, 0.2) is 53.8 Å². The highest BCUT2D eigenvalue weighted by Gasteiger charge is 2.35. The minimum Gasteiger partial charge on any atom is -0.492 e. The molecular formula is C18H18N4O4. The van der Waals surface area contributed by atoms with E-state index in [1.54, 1.807) is 48.5 Å². The Morgan fingerprint density at radius 1 is 1.23 bits per heavy atom. The Bertz CT molecular complexity index is 839. The quantitative estimate of drug-likeness (QED) is 0.777. The molecule has 3 rings (SSSR count). The highest BCUT2D eigenvalue weighted by molar-refractivity contribution is 6.06. The first kappa shape index (κ1) is 17.4. The Morgan fingerprint density at radius 2 is 1.96 bits per heavy atom. The highest BCUT2D eigenvalue weighted by atomic mass is 16.5. The molecule has 8 nitrogen and oxygen atoms in total. The first-order valence-corrected chi connectivity index (χ1v) is 8.18. The van der Waals surface area contributed by atoms with Gasteiger partial charge in [-0.05, 0) is 31.2 Å². The number of hydrogen-bond donors (Lipinski definition) is 2. The maximum absolute atomic E-state index is 12.4. The smallest absolute Gasteiger partial charge is 0.249 e. The summed E-state index contributed by atoms with van der Waals surface area (Å²) in [7, 11) is 0. The van der Waals surface area contributed by atoms with Gasteiger partial charge in [0.05, 0.1) is 35.4 Å². The first-order valence-electron chi connectivity index (χ1n) is 8.18. The fourth-order valence-corrected chi connectivity index (χ4v) is 2.78. The third kappa shape index (κ3) is 3.49. The molecule has 0 aliphatic carbocycles. The Labute approximate surface area is 150 Å². The molecule has 1 aliphatic rings. The zero-order valence-electron chi connectivity index (χ0n) is 14.1. The van der Waals surface area contributed by atoms with E-state index in [1.165, 1.54) is 0 Å². The zero-order valence-corrected chi connectivity index (χ0v) is 14.1. The normalized spacial score (nSPS) is 15.7. The SMILES string of the molecule is CCOc1ccccc1NC(=O)CC1C(=O)Nc2ccccc2N1N=O. The fraction of sp³-hybridized carbons (Fsp3) is 0.222. The van der Waals surface area contributed by atoms with Gasteiger partial charge in [0, 0.05) is 0 Å². The third-order valence-corrected chi connectivity index (χ3v) is 3.93. The predicted octanol–water partition coefficient (Wildman–Crippen LogP) is 2.92. The van der Waals surface area contributed by atoms with Crippen molar-refractivity contribution in [3.05, 3.63) is 53.4 Å². The van der Waals surface area contributed by atoms with Gasteiger partial charge in [-0.15, -0.1) is 4.91 Å². The average molecular weight is 354 g/mol. The lowest BCUT2D eigenvalue weighted by Gasteiger charge is -2.31. The summed E-state index contributed by atoms with van der Waals surface area (Å²) in [4.78, 5) is 36.1. The van der Waals surface area contributed by atoms with Crippen LogP contribution in [0.1, 0.15) is 13.3 Å². The molecule has 2 N–H and O–H groups in total. The summed E-state index contributed by atoms with van der Waals surface area (Å²) in [6.07, 6.45) is -0.230. The van der Waals surface area contributed by atoms with E-state index < -0.39 is 17.9 Å². The van der Waals surface area contributed by atoms with Crippen LogP contribution in [-0.2, 0) is 9.59 Å². The van der Waals surface area contributed by atoms with Crippen LogP contribution in [0.25, 0.3) is 0 Å². The minimum atomic E-state index is -1.03. The molecule has 0 bridgehead atoms. The van der Waals surface area contributed by atoms with E-state index in [0.29, 0.717) is 29.4 Å². The Kier molecular flexibility index (Phi) is 5.12. The molecule has 0 spiro atoms. The van der Waals surface area contributed by atoms with Crippen LogP contribution >= 0.6 is 0 Å². The third-order valence-electron chi connectivity index (χ3n) is 3.93. The summed E-state index contributed by atoms with van der Waals surface area (Å²) in [6.45, 7) is 2.30. The molecule has 0 fully saturated rings. The van der Waals surface area contributed by atoms with Gasteiger partial charge in [0.1, 0.15) is 11.8 Å². The molecule has 0 aromatic heterocycles. The lowest BCUT2D eigenvalue weighted by Crippen LogP contribution is -2.47. The van der Waals surface area contributed by atoms with Crippen LogP contribution in [0.2, 0.25) is 0 Å². The number of hydrogen-bond acceptors (Lipinski definition) is 5. The first-order chi connectivity index (χ1) is 12.6. The van der Waals surface area contributed by atoms with Crippen LogP contribution in [0, 0.1) is 4.91 Å². The van der Waals surface area contributed by atoms with Crippen molar-refractivity contribution >= 4 is 28.9 Å². The number of nitroso groups, excluding NO2 is 1. The highest BCUT2D eigenvalue weighted by Crippen LogP contribution is 2.33. The van der Waals surface area contributed by atoms with E-state index in [2.05, 4.69) is 15.9 Å². The minimum absolute atomic E-state index is 0.230. The molecule has 2 amide bonds. The average Bonchev–Trinajstić information content (AvgIpc) is 2.64. The second-order valence-corrected chi connectivity index (χ2v) is 5.63. The van der Waals surface area contributed by atoms with E-state index >= 15 is 0 Å². The molecule has 1 unspecified atom stereocenters. The number of carbonyl (C=O) groups excluding carboxylic acids is 2. The van der Waals surface area contributed by atoms with Crippen LogP contribution < -0.4 is 20.4 Å². The molecule has 2 aromatic carbocycles. The van der Waals surface area contributed by atoms with Crippen molar-refractivity contribution in [1.29, 1.82) is 0 Å². The van der Waals surface area contributed by atoms with Gasteiger partial charge < -0.3 is 15.4 Å². The van der Waals surface area contributed by atoms with Gasteiger partial charge >= 0.3 is 0 Å². The van der Waals surface area contributed by atoms with Crippen LogP contribution in [-0.4, -0.2) is 24.5 Å². The van der Waals surface area contributed by atoms with Gasteiger partial charge in [0.25, 0.3) is 0 Å². The van der Waals surface area contributed by atoms with Gasteiger partial charge in [0.15, 0.2) is 0 Å². The van der Waals surface area contributed by atoms with Crippen molar-refractivity contribution in [2.75, 3.05) is 22.2 Å². The molecule has 134 valence electrons. The number of rotatable bonds is 6. The molecule has 2 aromatic rings. The number of nitrogens with zero attached hydrogens (tertiary/aromatic N) is 2. The number of fused-ring (bicyclic) bond motifs is 1. The summed E-state index contributed by atoms with van der Waals surface area (Å²) in [5, 5.41) is 9.38. The number of anilines is 3. The van der Waals surface area contributed by atoms with Gasteiger partial charge in [-0.2, -0.15) is 0 Å². The van der Waals surface area contributed by atoms with Gasteiger partial charge in [-0.1, -0.05) is 24.3 Å². The van der Waals surface area contributed by atoms with Crippen molar-refractivity contribution < 1.29 is 14.3 Å². The van der Waals surface area contributed by atoms with Crippen molar-refractivity contribution in [2.45, 2.75) is 19.4 Å². The summed E-state index contributed by atoms with van der Waals surface area (Å²) < 4.78 is 5.46. The molecule has 0 radical (unpaired) electrons. The lowest BCUT2D eigenvalue weighted by atomic mass is 10.1. The maximum atomic E-state index is 12.4. The van der Waals surface area contributed by atoms with Crippen LogP contribution in [0.3, 0.4) is 0 Å². The topological polar surface area (TPSA) is 100 Å².